The van der Waals surface area contributed by atoms with Crippen LogP contribution in [0.1, 0.15) is 90.9 Å². The van der Waals surface area contributed by atoms with Gasteiger partial charge in [0.25, 0.3) is 0 Å². The summed E-state index contributed by atoms with van der Waals surface area (Å²) < 4.78 is 0.869. The van der Waals surface area contributed by atoms with E-state index >= 15 is 0 Å². The predicted molar refractivity (Wildman–Crippen MR) is 106 cm³/mol. The van der Waals surface area contributed by atoms with Gasteiger partial charge in [-0.3, -0.25) is 4.79 Å². The lowest BCUT2D eigenvalue weighted by atomic mass is 10.1. The molecule has 0 spiro atoms. The number of unbranched alkanes of at least 4 members (excludes halogenated alkanes) is 8. The summed E-state index contributed by atoms with van der Waals surface area (Å²) in [4.78, 5) is 10.4. The SMILES string of the molecule is CCCCCCCCCCCC(N)=O.CCC[N+](C)(C)CCC(O)O.[Cl-]. The summed E-state index contributed by atoms with van der Waals surface area (Å²) in [5.41, 5.74) is 5.05. The molecule has 5 nitrogen and oxygen atoms in total. The summed E-state index contributed by atoms with van der Waals surface area (Å²) in [5.74, 6) is -0.159. The van der Waals surface area contributed by atoms with Gasteiger partial charge in [-0.2, -0.15) is 0 Å². The number of carbonyl (C=O) groups excluding carboxylic acids is 1. The molecule has 0 unspecified atom stereocenters. The number of hydrogen-bond donors (Lipinski definition) is 3. The lowest BCUT2D eigenvalue weighted by Crippen LogP contribution is -3.00. The first-order valence-electron chi connectivity index (χ1n) is 10.2. The van der Waals surface area contributed by atoms with Gasteiger partial charge < -0.3 is 32.8 Å². The number of nitrogens with zero attached hydrogens (tertiary/aromatic N) is 1. The number of halogens is 1. The molecule has 0 radical (unpaired) electrons. The van der Waals surface area contributed by atoms with E-state index in [1.165, 1.54) is 44.9 Å². The minimum atomic E-state index is -1.15. The van der Waals surface area contributed by atoms with Crippen molar-refractivity contribution in [3.8, 4) is 0 Å². The molecule has 160 valence electrons. The minimum absolute atomic E-state index is 0. The molecule has 0 aliphatic heterocycles. The normalized spacial score (nSPS) is 10.9. The number of amides is 1. The second-order valence-electron chi connectivity index (χ2n) is 7.70. The second kappa shape index (κ2) is 20.9. The van der Waals surface area contributed by atoms with Crippen LogP contribution in [0, 0.1) is 0 Å². The van der Waals surface area contributed by atoms with E-state index in [9.17, 15) is 4.79 Å². The topological polar surface area (TPSA) is 83.6 Å². The van der Waals surface area contributed by atoms with E-state index < -0.39 is 6.29 Å². The molecule has 0 bridgehead atoms. The van der Waals surface area contributed by atoms with Crippen LogP contribution >= 0.6 is 0 Å². The fourth-order valence-electron chi connectivity index (χ4n) is 2.79. The Bertz CT molecular complexity index is 301. The smallest absolute Gasteiger partial charge is 0.217 e. The monoisotopic (exact) mass is 396 g/mol. The van der Waals surface area contributed by atoms with Gasteiger partial charge in [0.15, 0.2) is 6.29 Å². The number of primary amides is 1. The molecule has 0 saturated heterocycles. The molecule has 0 atom stereocenters. The van der Waals surface area contributed by atoms with Crippen molar-refractivity contribution in [2.45, 2.75) is 97.2 Å². The Balaban J connectivity index is -0.000000402. The molecule has 0 heterocycles. The van der Waals surface area contributed by atoms with Crippen LogP contribution in [0.5, 0.6) is 0 Å². The third-order valence-electron chi connectivity index (χ3n) is 4.35. The van der Waals surface area contributed by atoms with Crippen LogP contribution in [0.25, 0.3) is 0 Å². The molecule has 1 amide bonds. The third-order valence-corrected chi connectivity index (χ3v) is 4.35. The molecule has 0 aromatic heterocycles. The molecule has 0 aliphatic rings. The van der Waals surface area contributed by atoms with E-state index in [4.69, 9.17) is 15.9 Å². The van der Waals surface area contributed by atoms with Gasteiger partial charge in [0.05, 0.1) is 27.2 Å². The highest BCUT2D eigenvalue weighted by Crippen LogP contribution is 2.10. The molecule has 0 aliphatic carbocycles. The van der Waals surface area contributed by atoms with Gasteiger partial charge in [0, 0.05) is 12.8 Å². The van der Waals surface area contributed by atoms with Gasteiger partial charge in [0.2, 0.25) is 5.91 Å². The maximum absolute atomic E-state index is 10.4. The number of carbonyl (C=O) groups is 1. The number of rotatable bonds is 15. The highest BCUT2D eigenvalue weighted by Gasteiger charge is 2.14. The van der Waals surface area contributed by atoms with Crippen molar-refractivity contribution in [2.24, 2.45) is 5.73 Å². The summed E-state index contributed by atoms with van der Waals surface area (Å²) in [5, 5.41) is 17.3. The maximum atomic E-state index is 10.4. The fourth-order valence-corrected chi connectivity index (χ4v) is 2.79. The van der Waals surface area contributed by atoms with Crippen LogP contribution in [-0.2, 0) is 4.79 Å². The lowest BCUT2D eigenvalue weighted by molar-refractivity contribution is -0.891. The summed E-state index contributed by atoms with van der Waals surface area (Å²) in [7, 11) is 4.21. The molecule has 0 aromatic carbocycles. The van der Waals surface area contributed by atoms with Gasteiger partial charge in [0.1, 0.15) is 0 Å². The molecular formula is C20H45ClN2O3. The van der Waals surface area contributed by atoms with Crippen LogP contribution < -0.4 is 18.1 Å². The summed E-state index contributed by atoms with van der Waals surface area (Å²) in [6.45, 7) is 6.29. The first kappa shape index (κ1) is 30.4. The van der Waals surface area contributed by atoms with E-state index in [-0.39, 0.29) is 18.3 Å². The Kier molecular flexibility index (Phi) is 24.5. The molecule has 0 saturated carbocycles. The van der Waals surface area contributed by atoms with Gasteiger partial charge in [-0.15, -0.1) is 0 Å². The molecule has 0 aromatic rings. The quantitative estimate of drug-likeness (QED) is 0.215. The van der Waals surface area contributed by atoms with Crippen molar-refractivity contribution in [2.75, 3.05) is 27.2 Å². The predicted octanol–water partition coefficient (Wildman–Crippen LogP) is 0.570. The average Bonchev–Trinajstić information content (AvgIpc) is 2.52. The Morgan fingerprint density at radius 1 is 0.846 bits per heavy atom. The number of aliphatic hydroxyl groups is 2. The zero-order valence-corrected chi connectivity index (χ0v) is 18.4. The largest absolute Gasteiger partial charge is 1.00 e. The number of aliphatic hydroxyl groups excluding tert-OH is 1. The molecule has 26 heavy (non-hydrogen) atoms. The number of quaternary nitrogens is 1. The van der Waals surface area contributed by atoms with Crippen LogP contribution in [0.4, 0.5) is 0 Å². The van der Waals surface area contributed by atoms with Gasteiger partial charge >= 0.3 is 0 Å². The van der Waals surface area contributed by atoms with E-state index in [0.717, 1.165) is 36.8 Å². The van der Waals surface area contributed by atoms with Gasteiger partial charge in [-0.25, -0.2) is 0 Å². The van der Waals surface area contributed by atoms with E-state index in [0.29, 0.717) is 12.8 Å². The van der Waals surface area contributed by atoms with E-state index in [2.05, 4.69) is 27.9 Å². The summed E-state index contributed by atoms with van der Waals surface area (Å²) >= 11 is 0. The third kappa shape index (κ3) is 28.4. The molecule has 6 heteroatoms. The van der Waals surface area contributed by atoms with Crippen LogP contribution in [-0.4, -0.2) is 54.1 Å². The van der Waals surface area contributed by atoms with Crippen molar-refractivity contribution >= 4 is 5.91 Å². The first-order chi connectivity index (χ1) is 11.7. The fraction of sp³-hybridized carbons (Fsp3) is 0.950. The molecular weight excluding hydrogens is 352 g/mol. The number of nitrogens with two attached hydrogens (primary N) is 1. The first-order valence-corrected chi connectivity index (χ1v) is 10.2. The Labute approximate surface area is 168 Å². The number of hydrogen-bond acceptors (Lipinski definition) is 3. The van der Waals surface area contributed by atoms with Crippen LogP contribution in [0.3, 0.4) is 0 Å². The zero-order valence-electron chi connectivity index (χ0n) is 17.7. The van der Waals surface area contributed by atoms with Crippen molar-refractivity contribution in [3.63, 3.8) is 0 Å². The summed E-state index contributed by atoms with van der Waals surface area (Å²) in [6, 6.07) is 0. The van der Waals surface area contributed by atoms with Crippen molar-refractivity contribution in [3.05, 3.63) is 0 Å². The van der Waals surface area contributed by atoms with Crippen molar-refractivity contribution in [1.82, 2.24) is 0 Å². The summed E-state index contributed by atoms with van der Waals surface area (Å²) in [6.07, 6.45) is 12.6. The molecule has 4 N–H and O–H groups in total. The van der Waals surface area contributed by atoms with Gasteiger partial charge in [-0.05, 0) is 12.8 Å². The van der Waals surface area contributed by atoms with Gasteiger partial charge in [-0.1, -0.05) is 65.2 Å². The average molecular weight is 397 g/mol. The lowest BCUT2D eigenvalue weighted by Gasteiger charge is -2.29. The molecule has 0 rings (SSSR count). The Morgan fingerprint density at radius 2 is 1.31 bits per heavy atom. The zero-order chi connectivity index (χ0) is 19.6. The van der Waals surface area contributed by atoms with Crippen LogP contribution in [0.2, 0.25) is 0 Å². The minimum Gasteiger partial charge on any atom is -1.00 e. The standard InChI is InChI=1S/C12H25NO.C8H20NO2.ClH/c1-2-3-4-5-6-7-8-9-10-11-12(13)14;1-4-6-9(2,3)7-5-8(10)11;/h2-11H2,1H3,(H2,13,14);8,10-11H,4-7H2,1-3H3;1H/q;+1;/p-1. The molecule has 0 fully saturated rings. The van der Waals surface area contributed by atoms with E-state index in [1.807, 2.05) is 0 Å². The highest BCUT2D eigenvalue weighted by atomic mass is 35.5. The highest BCUT2D eigenvalue weighted by molar-refractivity contribution is 5.73. The van der Waals surface area contributed by atoms with Crippen molar-refractivity contribution in [1.29, 1.82) is 0 Å². The van der Waals surface area contributed by atoms with Crippen LogP contribution in [0.15, 0.2) is 0 Å². The van der Waals surface area contributed by atoms with Crippen molar-refractivity contribution < 1.29 is 31.9 Å². The maximum Gasteiger partial charge on any atom is 0.217 e. The Hall–Kier alpha value is -0.360. The Morgan fingerprint density at radius 3 is 1.69 bits per heavy atom. The second-order valence-corrected chi connectivity index (χ2v) is 7.70. The van der Waals surface area contributed by atoms with E-state index in [1.54, 1.807) is 0 Å².